The van der Waals surface area contributed by atoms with Crippen LogP contribution >= 0.6 is 22.6 Å². The Hall–Kier alpha value is 0.250. The van der Waals surface area contributed by atoms with Gasteiger partial charge in [-0.25, -0.2) is 0 Å². The molecule has 0 aromatic carbocycles. The molecule has 0 fully saturated rings. The molecule has 130 valence electrons. The van der Waals surface area contributed by atoms with E-state index < -0.39 is 0 Å². The Kier molecular flexibility index (Phi) is 15.0. The summed E-state index contributed by atoms with van der Waals surface area (Å²) in [6.45, 7) is 7.06. The topological polar surface area (TPSA) is 0 Å². The molecule has 0 bridgehead atoms. The summed E-state index contributed by atoms with van der Waals surface area (Å²) in [5.74, 6) is 2.99. The highest BCUT2D eigenvalue weighted by Gasteiger charge is 2.27. The van der Waals surface area contributed by atoms with Gasteiger partial charge in [-0.15, -0.1) is 6.42 Å². The fourth-order valence-corrected chi connectivity index (χ4v) is 3.58. The standard InChI is InChI=1S/C20H39IN/c1-5-8-10-12-14-16-18-22(4,20(21)7-3)19-17-15-13-11-9-6-2/h3,20H,5-6,8-19H2,1-2,4H3/q+1. The molecule has 0 aromatic heterocycles. The molecule has 0 aliphatic carbocycles. The third kappa shape index (κ3) is 10.9. The molecule has 0 N–H and O–H groups in total. The minimum Gasteiger partial charge on any atom is -0.305 e. The zero-order valence-corrected chi connectivity index (χ0v) is 17.5. The van der Waals surface area contributed by atoms with Crippen molar-refractivity contribution in [3.63, 3.8) is 0 Å². The minimum atomic E-state index is 0.323. The van der Waals surface area contributed by atoms with Crippen molar-refractivity contribution in [3.05, 3.63) is 0 Å². The van der Waals surface area contributed by atoms with Crippen LogP contribution in [0, 0.1) is 12.3 Å². The number of rotatable bonds is 15. The Morgan fingerprint density at radius 1 is 0.773 bits per heavy atom. The molecule has 1 atom stereocenters. The molecule has 22 heavy (non-hydrogen) atoms. The Morgan fingerprint density at radius 3 is 1.50 bits per heavy atom. The lowest BCUT2D eigenvalue weighted by Crippen LogP contribution is -2.50. The van der Waals surface area contributed by atoms with E-state index in [1.165, 1.54) is 90.1 Å². The Morgan fingerprint density at radius 2 is 1.14 bits per heavy atom. The van der Waals surface area contributed by atoms with Gasteiger partial charge in [0.05, 0.1) is 20.1 Å². The first-order valence-electron chi connectivity index (χ1n) is 9.55. The van der Waals surface area contributed by atoms with Gasteiger partial charge in [0.25, 0.3) is 0 Å². The van der Waals surface area contributed by atoms with Crippen LogP contribution in [-0.4, -0.2) is 28.7 Å². The van der Waals surface area contributed by atoms with Crippen LogP contribution < -0.4 is 0 Å². The summed E-state index contributed by atoms with van der Waals surface area (Å²) in [6, 6.07) is 0. The molecular weight excluding hydrogens is 381 g/mol. The lowest BCUT2D eigenvalue weighted by atomic mass is 10.1. The molecule has 0 aliphatic rings. The average Bonchev–Trinajstić information content (AvgIpc) is 2.53. The zero-order chi connectivity index (χ0) is 16.7. The molecule has 0 heterocycles. The van der Waals surface area contributed by atoms with Crippen molar-refractivity contribution in [1.82, 2.24) is 0 Å². The number of halogens is 1. The number of nitrogens with zero attached hydrogens (tertiary/aromatic N) is 1. The van der Waals surface area contributed by atoms with Gasteiger partial charge in [0, 0.05) is 22.6 Å². The summed E-state index contributed by atoms with van der Waals surface area (Å²) in [5.41, 5.74) is 0. The molecule has 0 aromatic rings. The molecular formula is C20H39IN+. The van der Waals surface area contributed by atoms with Crippen LogP contribution in [-0.2, 0) is 0 Å². The van der Waals surface area contributed by atoms with Gasteiger partial charge < -0.3 is 4.48 Å². The number of hydrogen-bond acceptors (Lipinski definition) is 0. The van der Waals surface area contributed by atoms with Crippen LogP contribution in [0.2, 0.25) is 0 Å². The van der Waals surface area contributed by atoms with Crippen molar-refractivity contribution < 1.29 is 4.48 Å². The van der Waals surface area contributed by atoms with E-state index in [4.69, 9.17) is 6.42 Å². The van der Waals surface area contributed by atoms with Crippen molar-refractivity contribution in [1.29, 1.82) is 0 Å². The molecule has 0 saturated heterocycles. The van der Waals surface area contributed by atoms with E-state index in [0.29, 0.717) is 4.05 Å². The molecule has 1 unspecified atom stereocenters. The van der Waals surface area contributed by atoms with Crippen molar-refractivity contribution in [2.75, 3.05) is 20.1 Å². The van der Waals surface area contributed by atoms with Crippen LogP contribution in [0.5, 0.6) is 0 Å². The fourth-order valence-electron chi connectivity index (χ4n) is 3.03. The molecule has 0 amide bonds. The molecule has 1 nitrogen and oxygen atoms in total. The second kappa shape index (κ2) is 14.8. The third-order valence-electron chi connectivity index (χ3n) is 4.73. The van der Waals surface area contributed by atoms with Crippen LogP contribution in [0.1, 0.15) is 90.9 Å². The van der Waals surface area contributed by atoms with E-state index in [9.17, 15) is 0 Å². The summed E-state index contributed by atoms with van der Waals surface area (Å²) in [5, 5.41) is 0. The number of unbranched alkanes of at least 4 members (excludes halogenated alkanes) is 10. The smallest absolute Gasteiger partial charge is 0.200 e. The highest BCUT2D eigenvalue weighted by atomic mass is 127. The van der Waals surface area contributed by atoms with Crippen molar-refractivity contribution in [2.24, 2.45) is 0 Å². The first kappa shape index (κ1) is 22.2. The summed E-state index contributed by atoms with van der Waals surface area (Å²) in [4.78, 5) is 0. The molecule has 0 aliphatic heterocycles. The predicted molar refractivity (Wildman–Crippen MR) is 109 cm³/mol. The van der Waals surface area contributed by atoms with Gasteiger partial charge >= 0.3 is 0 Å². The molecule has 2 heteroatoms. The van der Waals surface area contributed by atoms with Gasteiger partial charge in [-0.2, -0.15) is 0 Å². The Balaban J connectivity index is 3.99. The number of quaternary nitrogens is 1. The highest BCUT2D eigenvalue weighted by Crippen LogP contribution is 2.21. The van der Waals surface area contributed by atoms with Crippen molar-refractivity contribution in [3.8, 4) is 12.3 Å². The van der Waals surface area contributed by atoms with Crippen LogP contribution in [0.4, 0.5) is 0 Å². The van der Waals surface area contributed by atoms with Gasteiger partial charge in [-0.05, 0) is 31.6 Å². The molecule has 0 radical (unpaired) electrons. The second-order valence-corrected chi connectivity index (χ2v) is 8.14. The average molecular weight is 420 g/mol. The lowest BCUT2D eigenvalue weighted by Gasteiger charge is -2.37. The van der Waals surface area contributed by atoms with Gasteiger partial charge in [0.1, 0.15) is 0 Å². The number of hydrogen-bond donors (Lipinski definition) is 0. The number of terminal acetylenes is 1. The predicted octanol–water partition coefficient (Wildman–Crippen LogP) is 6.55. The molecule has 0 rings (SSSR count). The first-order chi connectivity index (χ1) is 10.6. The van der Waals surface area contributed by atoms with E-state index in [-0.39, 0.29) is 0 Å². The number of alkyl halides is 1. The molecule has 0 spiro atoms. The van der Waals surface area contributed by atoms with Gasteiger partial charge in [-0.3, -0.25) is 0 Å². The fraction of sp³-hybridized carbons (Fsp3) is 0.900. The van der Waals surface area contributed by atoms with E-state index in [1.54, 1.807) is 0 Å². The van der Waals surface area contributed by atoms with Crippen molar-refractivity contribution >= 4 is 22.6 Å². The monoisotopic (exact) mass is 420 g/mol. The van der Waals surface area contributed by atoms with Gasteiger partial charge in [0.2, 0.25) is 0 Å². The van der Waals surface area contributed by atoms with E-state index in [0.717, 1.165) is 4.48 Å². The largest absolute Gasteiger partial charge is 0.305 e. The first-order valence-corrected chi connectivity index (χ1v) is 10.8. The normalized spacial score (nSPS) is 13.0. The van der Waals surface area contributed by atoms with Crippen LogP contribution in [0.3, 0.4) is 0 Å². The maximum absolute atomic E-state index is 5.72. The summed E-state index contributed by atoms with van der Waals surface area (Å²) in [7, 11) is 2.37. The van der Waals surface area contributed by atoms with E-state index in [1.807, 2.05) is 0 Å². The van der Waals surface area contributed by atoms with Crippen LogP contribution in [0.15, 0.2) is 0 Å². The zero-order valence-electron chi connectivity index (χ0n) is 15.4. The second-order valence-electron chi connectivity index (χ2n) is 6.96. The van der Waals surface area contributed by atoms with Gasteiger partial charge in [-0.1, -0.05) is 65.2 Å². The quantitative estimate of drug-likeness (QED) is 0.0704. The summed E-state index contributed by atoms with van der Waals surface area (Å²) in [6.07, 6.45) is 22.2. The van der Waals surface area contributed by atoms with Gasteiger partial charge in [0.15, 0.2) is 4.05 Å². The van der Waals surface area contributed by atoms with E-state index in [2.05, 4.69) is 49.4 Å². The minimum absolute atomic E-state index is 0.323. The maximum atomic E-state index is 5.72. The molecule has 0 saturated carbocycles. The Labute approximate surface area is 154 Å². The maximum Gasteiger partial charge on any atom is 0.200 e. The summed E-state index contributed by atoms with van der Waals surface area (Å²) >= 11 is 2.47. The SMILES string of the molecule is C#CC(I)[N+](C)(CCCCCCCC)CCCCCCCC. The van der Waals surface area contributed by atoms with Crippen molar-refractivity contribution in [2.45, 2.75) is 94.9 Å². The lowest BCUT2D eigenvalue weighted by molar-refractivity contribution is -0.908. The highest BCUT2D eigenvalue weighted by molar-refractivity contribution is 14.1. The van der Waals surface area contributed by atoms with Crippen LogP contribution in [0.25, 0.3) is 0 Å². The van der Waals surface area contributed by atoms with E-state index >= 15 is 0 Å². The Bertz CT molecular complexity index is 266. The summed E-state index contributed by atoms with van der Waals surface area (Å²) < 4.78 is 1.39. The third-order valence-corrected chi connectivity index (χ3v) is 6.43.